The summed E-state index contributed by atoms with van der Waals surface area (Å²) in [4.78, 5) is 0. The first-order valence-corrected chi connectivity index (χ1v) is 16.5. The standard InChI is InChI=1S/C48H30O/c1-2-15-31(16-3-1)33-19-6-7-21-35(33)41-29-30-43(47-42-26-12-13-28-44(42)49-48(41)47)46-39-24-10-8-22-37(39)45(38-23-9-11-25-40(38)46)36-27-14-18-32-17-4-5-20-34(32)36/h1-30H/i8D,10D,22D,24D. The van der Waals surface area contributed by atoms with E-state index in [2.05, 4.69) is 84.9 Å². The second-order valence-electron chi connectivity index (χ2n) is 12.4. The van der Waals surface area contributed by atoms with Gasteiger partial charge in [0.15, 0.2) is 0 Å². The first-order chi connectivity index (χ1) is 26.0. The first-order valence-electron chi connectivity index (χ1n) is 18.5. The molecule has 1 heteroatoms. The van der Waals surface area contributed by atoms with Crippen LogP contribution in [0.3, 0.4) is 0 Å². The van der Waals surface area contributed by atoms with Crippen molar-refractivity contribution in [3.8, 4) is 44.5 Å². The van der Waals surface area contributed by atoms with Gasteiger partial charge in [-0.05, 0) is 83.4 Å². The number of para-hydroxylation sites is 1. The molecule has 0 N–H and O–H groups in total. The molecule has 0 amide bonds. The van der Waals surface area contributed by atoms with Crippen molar-refractivity contribution in [2.24, 2.45) is 0 Å². The Balaban J connectivity index is 1.39. The van der Waals surface area contributed by atoms with Crippen molar-refractivity contribution in [3.05, 3.63) is 182 Å². The zero-order valence-corrected chi connectivity index (χ0v) is 26.4. The van der Waals surface area contributed by atoms with Crippen LogP contribution in [0.4, 0.5) is 0 Å². The maximum absolute atomic E-state index is 9.53. The summed E-state index contributed by atoms with van der Waals surface area (Å²) in [5.41, 5.74) is 8.98. The average Bonchev–Trinajstić information content (AvgIpc) is 3.61. The molecule has 0 saturated carbocycles. The van der Waals surface area contributed by atoms with Crippen molar-refractivity contribution in [2.75, 3.05) is 0 Å². The normalized spacial score (nSPS) is 12.8. The van der Waals surface area contributed by atoms with Crippen LogP contribution in [0.5, 0.6) is 0 Å². The van der Waals surface area contributed by atoms with Gasteiger partial charge in [-0.25, -0.2) is 0 Å². The van der Waals surface area contributed by atoms with E-state index in [0.29, 0.717) is 10.8 Å². The summed E-state index contributed by atoms with van der Waals surface area (Å²) in [5.74, 6) is 0. The van der Waals surface area contributed by atoms with Crippen LogP contribution in [-0.2, 0) is 0 Å². The Morgan fingerprint density at radius 1 is 0.367 bits per heavy atom. The highest BCUT2D eigenvalue weighted by Crippen LogP contribution is 2.49. The smallest absolute Gasteiger partial charge is 0.143 e. The fourth-order valence-corrected chi connectivity index (χ4v) is 7.71. The van der Waals surface area contributed by atoms with Gasteiger partial charge in [0.25, 0.3) is 0 Å². The van der Waals surface area contributed by atoms with Crippen molar-refractivity contribution in [1.82, 2.24) is 0 Å². The molecule has 1 heterocycles. The summed E-state index contributed by atoms with van der Waals surface area (Å²) < 4.78 is 43.6. The molecule has 0 saturated heterocycles. The fraction of sp³-hybridized carbons (Fsp3) is 0. The highest BCUT2D eigenvalue weighted by molar-refractivity contribution is 6.27. The van der Waals surface area contributed by atoms with Gasteiger partial charge >= 0.3 is 0 Å². The number of benzene rings is 9. The maximum atomic E-state index is 9.53. The van der Waals surface area contributed by atoms with Gasteiger partial charge in [0.05, 0.1) is 5.48 Å². The zero-order valence-electron chi connectivity index (χ0n) is 30.4. The monoisotopic (exact) mass is 626 g/mol. The highest BCUT2D eigenvalue weighted by atomic mass is 16.3. The second-order valence-corrected chi connectivity index (χ2v) is 12.4. The van der Waals surface area contributed by atoms with Crippen molar-refractivity contribution in [1.29, 1.82) is 0 Å². The molecule has 10 aromatic rings. The molecule has 0 unspecified atom stereocenters. The summed E-state index contributed by atoms with van der Waals surface area (Å²) in [7, 11) is 0. The third-order valence-electron chi connectivity index (χ3n) is 9.81. The zero-order chi connectivity index (χ0) is 35.8. The molecule has 0 bridgehead atoms. The lowest BCUT2D eigenvalue weighted by Crippen LogP contribution is -1.93. The minimum absolute atomic E-state index is 0.0577. The Bertz CT molecular complexity index is 3100. The van der Waals surface area contributed by atoms with E-state index in [-0.39, 0.29) is 24.2 Å². The summed E-state index contributed by atoms with van der Waals surface area (Å²) in [6, 6.07) is 52.8. The molecule has 0 fully saturated rings. The largest absolute Gasteiger partial charge is 0.455 e. The summed E-state index contributed by atoms with van der Waals surface area (Å²) >= 11 is 0. The fourth-order valence-electron chi connectivity index (χ4n) is 7.71. The maximum Gasteiger partial charge on any atom is 0.143 e. The van der Waals surface area contributed by atoms with E-state index >= 15 is 0 Å². The minimum atomic E-state index is -0.260. The topological polar surface area (TPSA) is 13.1 Å². The molecule has 0 aliphatic carbocycles. The lowest BCUT2D eigenvalue weighted by molar-refractivity contribution is 0.670. The number of furan rings is 1. The van der Waals surface area contributed by atoms with Gasteiger partial charge in [-0.15, -0.1) is 0 Å². The third-order valence-corrected chi connectivity index (χ3v) is 9.81. The molecule has 9 aromatic carbocycles. The predicted molar refractivity (Wildman–Crippen MR) is 208 cm³/mol. The van der Waals surface area contributed by atoms with Gasteiger partial charge in [-0.3, -0.25) is 0 Å². The average molecular weight is 627 g/mol. The molecule has 0 radical (unpaired) electrons. The molecular formula is C48H30O. The van der Waals surface area contributed by atoms with Gasteiger partial charge in [-0.1, -0.05) is 170 Å². The van der Waals surface area contributed by atoms with Crippen molar-refractivity contribution < 1.29 is 9.90 Å². The SMILES string of the molecule is [2H]c1c([2H])c([2H])c2c(-c3ccc(-c4ccccc4-c4ccccc4)c4oc5ccccc5c34)c3ccccc3c(-c3cccc4ccccc34)c2c1[2H]. The Morgan fingerprint density at radius 2 is 0.918 bits per heavy atom. The van der Waals surface area contributed by atoms with Gasteiger partial charge in [0, 0.05) is 16.3 Å². The second kappa shape index (κ2) is 11.1. The lowest BCUT2D eigenvalue weighted by atomic mass is 9.83. The minimum Gasteiger partial charge on any atom is -0.455 e. The van der Waals surface area contributed by atoms with Crippen LogP contribution in [0.25, 0.3) is 98.8 Å². The molecule has 1 nitrogen and oxygen atoms in total. The molecule has 0 spiro atoms. The Labute approximate surface area is 289 Å². The van der Waals surface area contributed by atoms with Gasteiger partial charge in [0.1, 0.15) is 11.2 Å². The third kappa shape index (κ3) is 4.26. The van der Waals surface area contributed by atoms with Crippen molar-refractivity contribution in [2.45, 2.75) is 0 Å². The Kier molecular flexibility index (Phi) is 5.38. The molecule has 0 aliphatic rings. The van der Waals surface area contributed by atoms with Gasteiger partial charge < -0.3 is 4.42 Å². The summed E-state index contributed by atoms with van der Waals surface area (Å²) in [5, 5.41) is 6.72. The van der Waals surface area contributed by atoms with Crippen LogP contribution in [0.1, 0.15) is 5.48 Å². The van der Waals surface area contributed by atoms with E-state index in [1.54, 1.807) is 0 Å². The van der Waals surface area contributed by atoms with Gasteiger partial charge in [-0.2, -0.15) is 0 Å². The van der Waals surface area contributed by atoms with E-state index in [9.17, 15) is 2.74 Å². The van der Waals surface area contributed by atoms with E-state index in [1.165, 1.54) is 0 Å². The van der Waals surface area contributed by atoms with E-state index < -0.39 is 0 Å². The predicted octanol–water partition coefficient (Wildman–Crippen LogP) is 13.7. The van der Waals surface area contributed by atoms with Crippen LogP contribution in [0.15, 0.2) is 186 Å². The van der Waals surface area contributed by atoms with Crippen molar-refractivity contribution in [3.63, 3.8) is 0 Å². The molecule has 0 aliphatic heterocycles. The highest BCUT2D eigenvalue weighted by Gasteiger charge is 2.23. The first kappa shape index (κ1) is 23.8. The van der Waals surface area contributed by atoms with Crippen LogP contribution in [-0.4, -0.2) is 0 Å². The van der Waals surface area contributed by atoms with Crippen LogP contribution in [0.2, 0.25) is 0 Å². The van der Waals surface area contributed by atoms with E-state index in [1.807, 2.05) is 72.8 Å². The Morgan fingerprint density at radius 3 is 1.69 bits per heavy atom. The lowest BCUT2D eigenvalue weighted by Gasteiger charge is -2.20. The molecule has 0 atom stereocenters. The Hall–Kier alpha value is -6.44. The van der Waals surface area contributed by atoms with Crippen LogP contribution < -0.4 is 0 Å². The summed E-state index contributed by atoms with van der Waals surface area (Å²) in [6.07, 6.45) is 0. The summed E-state index contributed by atoms with van der Waals surface area (Å²) in [6.45, 7) is 0. The van der Waals surface area contributed by atoms with Crippen LogP contribution >= 0.6 is 0 Å². The number of hydrogen-bond donors (Lipinski definition) is 0. The van der Waals surface area contributed by atoms with Gasteiger partial charge in [0.2, 0.25) is 0 Å². The van der Waals surface area contributed by atoms with E-state index in [0.717, 1.165) is 88.0 Å². The molecule has 10 rings (SSSR count). The molecule has 228 valence electrons. The molecule has 49 heavy (non-hydrogen) atoms. The number of hydrogen-bond acceptors (Lipinski definition) is 1. The molecule has 1 aromatic heterocycles. The number of rotatable bonds is 4. The quantitative estimate of drug-likeness (QED) is 0.177. The molecular weight excluding hydrogens is 593 g/mol. The number of fused-ring (bicyclic) bond motifs is 6. The van der Waals surface area contributed by atoms with E-state index in [4.69, 9.17) is 7.16 Å². The van der Waals surface area contributed by atoms with Crippen LogP contribution in [0, 0.1) is 0 Å². The van der Waals surface area contributed by atoms with Crippen molar-refractivity contribution >= 4 is 54.3 Å².